The summed E-state index contributed by atoms with van der Waals surface area (Å²) in [5.41, 5.74) is 0. The van der Waals surface area contributed by atoms with Crippen molar-refractivity contribution in [2.45, 2.75) is 25.7 Å². The zero-order chi connectivity index (χ0) is 10.5. The average Bonchev–Trinajstić information content (AvgIpc) is 2.21. The van der Waals surface area contributed by atoms with Crippen LogP contribution in [0.15, 0.2) is 0 Å². The van der Waals surface area contributed by atoms with Crippen LogP contribution in [0.1, 0.15) is 25.7 Å². The maximum Gasteiger partial charge on any atom is 0.0697 e. The van der Waals surface area contributed by atoms with Crippen molar-refractivity contribution in [3.05, 3.63) is 0 Å². The van der Waals surface area contributed by atoms with Gasteiger partial charge in [0.2, 0.25) is 0 Å². The van der Waals surface area contributed by atoms with Crippen molar-refractivity contribution in [3.8, 4) is 0 Å². The first-order chi connectivity index (χ1) is 6.91. The van der Waals surface area contributed by atoms with E-state index in [9.17, 15) is 0 Å². The summed E-state index contributed by atoms with van der Waals surface area (Å²) in [6.07, 6.45) is 3.71. The van der Waals surface area contributed by atoms with Crippen LogP contribution in [0.3, 0.4) is 0 Å². The first-order valence-corrected chi connectivity index (χ1v) is 5.29. The molecule has 0 aliphatic carbocycles. The lowest BCUT2D eigenvalue weighted by Gasteiger charge is -2.04. The minimum Gasteiger partial charge on any atom is -0.396 e. The number of rotatable bonds is 11. The number of aliphatic hydroxyl groups is 2. The molecule has 0 saturated heterocycles. The molecule has 0 aromatic heterocycles. The van der Waals surface area contributed by atoms with Crippen LogP contribution in [-0.4, -0.2) is 49.9 Å². The minimum absolute atomic E-state index is 0.0949. The molecule has 14 heavy (non-hydrogen) atoms. The molecule has 0 spiro atoms. The van der Waals surface area contributed by atoms with E-state index in [-0.39, 0.29) is 13.2 Å². The Bertz CT molecular complexity index is 86.1. The van der Waals surface area contributed by atoms with Crippen molar-refractivity contribution >= 4 is 0 Å². The van der Waals surface area contributed by atoms with Crippen molar-refractivity contribution in [2.75, 3.05) is 39.6 Å². The van der Waals surface area contributed by atoms with Crippen LogP contribution in [0.4, 0.5) is 0 Å². The van der Waals surface area contributed by atoms with Crippen LogP contribution >= 0.6 is 0 Å². The van der Waals surface area contributed by atoms with E-state index in [1.54, 1.807) is 0 Å². The van der Waals surface area contributed by atoms with E-state index in [2.05, 4.69) is 0 Å². The number of unbranched alkanes of at least 4 members (excludes halogenated alkanes) is 2. The van der Waals surface area contributed by atoms with Gasteiger partial charge in [-0.05, 0) is 25.7 Å². The number of ether oxygens (including phenoxy) is 2. The predicted molar refractivity (Wildman–Crippen MR) is 54.3 cm³/mol. The summed E-state index contributed by atoms with van der Waals surface area (Å²) in [6.45, 7) is 2.96. The zero-order valence-corrected chi connectivity index (χ0v) is 8.78. The molecule has 4 nitrogen and oxygen atoms in total. The van der Waals surface area contributed by atoms with E-state index in [1.807, 2.05) is 0 Å². The lowest BCUT2D eigenvalue weighted by molar-refractivity contribution is 0.0781. The summed E-state index contributed by atoms with van der Waals surface area (Å²) >= 11 is 0. The maximum atomic E-state index is 8.50. The van der Waals surface area contributed by atoms with Gasteiger partial charge < -0.3 is 19.7 Å². The highest BCUT2D eigenvalue weighted by molar-refractivity contribution is 4.40. The molecule has 0 amide bonds. The molecule has 0 aliphatic rings. The highest BCUT2D eigenvalue weighted by Crippen LogP contribution is 1.94. The third-order valence-electron chi connectivity index (χ3n) is 1.76. The fraction of sp³-hybridized carbons (Fsp3) is 1.00. The summed E-state index contributed by atoms with van der Waals surface area (Å²) in [6, 6.07) is 0. The van der Waals surface area contributed by atoms with Gasteiger partial charge in [0.15, 0.2) is 0 Å². The van der Waals surface area contributed by atoms with Crippen molar-refractivity contribution < 1.29 is 19.7 Å². The largest absolute Gasteiger partial charge is 0.396 e. The molecule has 0 saturated carbocycles. The standard InChI is InChI=1S/C10H22O4/c11-5-1-2-7-13-8-3-4-9-14-10-6-12/h11-12H,1-10H2. The van der Waals surface area contributed by atoms with Gasteiger partial charge in [-0.3, -0.25) is 0 Å². The van der Waals surface area contributed by atoms with Gasteiger partial charge in [0.05, 0.1) is 13.2 Å². The summed E-state index contributed by atoms with van der Waals surface area (Å²) in [4.78, 5) is 0. The molecule has 0 bridgehead atoms. The van der Waals surface area contributed by atoms with Gasteiger partial charge in [0.25, 0.3) is 0 Å². The van der Waals surface area contributed by atoms with E-state index in [0.717, 1.165) is 38.9 Å². The molecule has 0 atom stereocenters. The van der Waals surface area contributed by atoms with Crippen LogP contribution in [0.5, 0.6) is 0 Å². The quantitative estimate of drug-likeness (QED) is 0.485. The van der Waals surface area contributed by atoms with E-state index in [0.29, 0.717) is 13.2 Å². The second-order valence-corrected chi connectivity index (χ2v) is 3.09. The Kier molecular flexibility index (Phi) is 12.7. The van der Waals surface area contributed by atoms with Crippen LogP contribution in [-0.2, 0) is 9.47 Å². The van der Waals surface area contributed by atoms with E-state index in [1.165, 1.54) is 0 Å². The van der Waals surface area contributed by atoms with E-state index < -0.39 is 0 Å². The van der Waals surface area contributed by atoms with Gasteiger partial charge in [-0.25, -0.2) is 0 Å². The van der Waals surface area contributed by atoms with Crippen molar-refractivity contribution in [1.29, 1.82) is 0 Å². The summed E-state index contributed by atoms with van der Waals surface area (Å²) in [5.74, 6) is 0. The third kappa shape index (κ3) is 11.8. The predicted octanol–water partition coefficient (Wildman–Crippen LogP) is 0.565. The van der Waals surface area contributed by atoms with Crippen molar-refractivity contribution in [3.63, 3.8) is 0 Å². The molecular weight excluding hydrogens is 184 g/mol. The molecule has 0 aromatic rings. The molecule has 0 aromatic carbocycles. The molecule has 0 aliphatic heterocycles. The summed E-state index contributed by atoms with van der Waals surface area (Å²) < 4.78 is 10.4. The van der Waals surface area contributed by atoms with Crippen molar-refractivity contribution in [2.24, 2.45) is 0 Å². The second-order valence-electron chi connectivity index (χ2n) is 3.09. The van der Waals surface area contributed by atoms with Crippen molar-refractivity contribution in [1.82, 2.24) is 0 Å². The molecule has 4 heteroatoms. The number of aliphatic hydroxyl groups excluding tert-OH is 2. The zero-order valence-electron chi connectivity index (χ0n) is 8.78. The van der Waals surface area contributed by atoms with Gasteiger partial charge in [0, 0.05) is 26.4 Å². The smallest absolute Gasteiger partial charge is 0.0697 e. The van der Waals surface area contributed by atoms with Gasteiger partial charge in [-0.15, -0.1) is 0 Å². The molecule has 0 unspecified atom stereocenters. The fourth-order valence-electron chi connectivity index (χ4n) is 0.993. The first-order valence-electron chi connectivity index (χ1n) is 5.29. The Labute approximate surface area is 85.8 Å². The molecular formula is C10H22O4. The molecule has 0 radical (unpaired) electrons. The monoisotopic (exact) mass is 206 g/mol. The Morgan fingerprint density at radius 2 is 1.07 bits per heavy atom. The third-order valence-corrected chi connectivity index (χ3v) is 1.76. The van der Waals surface area contributed by atoms with Gasteiger partial charge >= 0.3 is 0 Å². The molecule has 0 rings (SSSR count). The Hall–Kier alpha value is -0.160. The average molecular weight is 206 g/mol. The highest BCUT2D eigenvalue weighted by atomic mass is 16.5. The lowest BCUT2D eigenvalue weighted by atomic mass is 10.3. The number of hydrogen-bond donors (Lipinski definition) is 2. The van der Waals surface area contributed by atoms with Gasteiger partial charge in [-0.1, -0.05) is 0 Å². The molecule has 2 N–H and O–H groups in total. The van der Waals surface area contributed by atoms with Gasteiger partial charge in [-0.2, -0.15) is 0 Å². The Balaban J connectivity index is 2.78. The topological polar surface area (TPSA) is 58.9 Å². The Morgan fingerprint density at radius 3 is 1.57 bits per heavy atom. The first kappa shape index (κ1) is 13.8. The maximum absolute atomic E-state index is 8.50. The summed E-state index contributed by atoms with van der Waals surface area (Å²) in [7, 11) is 0. The van der Waals surface area contributed by atoms with Crippen LogP contribution in [0, 0.1) is 0 Å². The van der Waals surface area contributed by atoms with E-state index >= 15 is 0 Å². The second kappa shape index (κ2) is 12.8. The SMILES string of the molecule is OCCCCOCCCCOCCO. The lowest BCUT2D eigenvalue weighted by Crippen LogP contribution is -2.03. The molecule has 0 heterocycles. The highest BCUT2D eigenvalue weighted by Gasteiger charge is 1.91. The fourth-order valence-corrected chi connectivity index (χ4v) is 0.993. The minimum atomic E-state index is 0.0949. The summed E-state index contributed by atoms with van der Waals surface area (Å²) in [5, 5.41) is 16.9. The molecule has 86 valence electrons. The van der Waals surface area contributed by atoms with Crippen LogP contribution in [0.25, 0.3) is 0 Å². The van der Waals surface area contributed by atoms with Crippen LogP contribution in [0.2, 0.25) is 0 Å². The molecule has 0 fully saturated rings. The Morgan fingerprint density at radius 1 is 0.571 bits per heavy atom. The van der Waals surface area contributed by atoms with E-state index in [4.69, 9.17) is 19.7 Å². The number of hydrogen-bond acceptors (Lipinski definition) is 4. The normalized spacial score (nSPS) is 10.7. The van der Waals surface area contributed by atoms with Crippen LogP contribution < -0.4 is 0 Å². The van der Waals surface area contributed by atoms with Gasteiger partial charge in [0.1, 0.15) is 0 Å².